The maximum absolute atomic E-state index is 5.53. The van der Waals surface area contributed by atoms with Crippen molar-refractivity contribution >= 4 is 77.7 Å². The Morgan fingerprint density at radius 1 is 0.478 bits per heavy atom. The molecule has 9 aromatic carbocycles. The zero-order valence-corrected chi connectivity index (χ0v) is 38.1. The number of benzene rings is 9. The average Bonchev–Trinajstić information content (AvgIpc) is 4.02. The molecule has 3 aromatic heterocycles. The molecule has 1 N–H and O–H groups in total. The molecule has 326 valence electrons. The molecule has 4 heterocycles. The molecule has 0 bridgehead atoms. The third-order valence-electron chi connectivity index (χ3n) is 14.6. The van der Waals surface area contributed by atoms with Crippen LogP contribution in [0.4, 0.5) is 5.69 Å². The molecule has 0 saturated heterocycles. The molecule has 0 spiro atoms. The van der Waals surface area contributed by atoms with Crippen LogP contribution in [0.25, 0.3) is 94.4 Å². The zero-order chi connectivity index (χ0) is 45.8. The van der Waals surface area contributed by atoms with Crippen LogP contribution in [-0.4, -0.2) is 25.1 Å². The smallest absolute Gasteiger partial charge is 0.235 e. The van der Waals surface area contributed by atoms with Crippen molar-refractivity contribution in [3.8, 4) is 28.3 Å². The van der Waals surface area contributed by atoms with Crippen LogP contribution in [0, 0.1) is 0 Å². The highest BCUT2D eigenvalue weighted by Gasteiger charge is 2.39. The highest BCUT2D eigenvalue weighted by atomic mass is 15.2. The standard InChI is InChI=1S/C63H44N6/c1-63(2)50(40-19-6-3-7-20-40)38-52-58(63)60(42-23-10-5-11-24-42)67-62(65-52)68-53-29-17-15-26-46(53)48-36-43(31-33-54(48)68)44-32-34-55-49(37-44)57-45-25-13-12-18-39(45)30-35-56(57)69(55)61-64-51-28-16-14-27-47(51)59(66-61)41-21-8-4-9-22-41/h3-38,59H,1-2H3,(H,64,66). The lowest BCUT2D eigenvalue weighted by Gasteiger charge is -2.28. The first kappa shape index (κ1) is 39.3. The average molecular weight is 885 g/mol. The number of nitrogens with one attached hydrogen (secondary N) is 1. The number of para-hydroxylation sites is 2. The molecular formula is C63H44N6. The molecule has 12 aromatic rings. The minimum Gasteiger partial charge on any atom is -0.344 e. The van der Waals surface area contributed by atoms with Crippen molar-refractivity contribution in [2.24, 2.45) is 4.99 Å². The molecule has 2 aliphatic rings. The lowest BCUT2D eigenvalue weighted by Crippen LogP contribution is -2.36. The maximum atomic E-state index is 5.53. The maximum Gasteiger partial charge on any atom is 0.235 e. The van der Waals surface area contributed by atoms with Gasteiger partial charge in [-0.3, -0.25) is 9.13 Å². The fourth-order valence-corrected chi connectivity index (χ4v) is 11.4. The topological polar surface area (TPSA) is 60.0 Å². The highest BCUT2D eigenvalue weighted by Crippen LogP contribution is 2.50. The lowest BCUT2D eigenvalue weighted by molar-refractivity contribution is 0.696. The van der Waals surface area contributed by atoms with Gasteiger partial charge < -0.3 is 5.32 Å². The number of aliphatic imine (C=N–C) groups is 1. The first-order valence-corrected chi connectivity index (χ1v) is 23.7. The summed E-state index contributed by atoms with van der Waals surface area (Å²) in [6, 6.07) is 76.0. The molecule has 14 rings (SSSR count). The fourth-order valence-electron chi connectivity index (χ4n) is 11.4. The summed E-state index contributed by atoms with van der Waals surface area (Å²) in [7, 11) is 0. The predicted octanol–water partition coefficient (Wildman–Crippen LogP) is 15.2. The number of allylic oxidation sites excluding steroid dienone is 1. The largest absolute Gasteiger partial charge is 0.344 e. The van der Waals surface area contributed by atoms with Gasteiger partial charge in [0.15, 0.2) is 0 Å². The Morgan fingerprint density at radius 2 is 1.09 bits per heavy atom. The molecule has 1 atom stereocenters. The predicted molar refractivity (Wildman–Crippen MR) is 285 cm³/mol. The second-order valence-corrected chi connectivity index (χ2v) is 18.9. The van der Waals surface area contributed by atoms with Gasteiger partial charge in [-0.2, -0.15) is 0 Å². The monoisotopic (exact) mass is 884 g/mol. The van der Waals surface area contributed by atoms with Gasteiger partial charge in [-0.15, -0.1) is 0 Å². The Hall–Kier alpha value is -8.87. The molecule has 0 amide bonds. The van der Waals surface area contributed by atoms with E-state index in [9.17, 15) is 0 Å². The minimum absolute atomic E-state index is 0.0572. The van der Waals surface area contributed by atoms with Crippen LogP contribution in [0.15, 0.2) is 217 Å². The zero-order valence-electron chi connectivity index (χ0n) is 38.1. The van der Waals surface area contributed by atoms with Gasteiger partial charge in [0.1, 0.15) is 0 Å². The Labute approximate surface area is 399 Å². The van der Waals surface area contributed by atoms with Gasteiger partial charge in [0.2, 0.25) is 11.9 Å². The molecular weight excluding hydrogens is 841 g/mol. The molecule has 6 heteroatoms. The van der Waals surface area contributed by atoms with Crippen molar-refractivity contribution in [2.45, 2.75) is 25.3 Å². The third-order valence-corrected chi connectivity index (χ3v) is 14.6. The molecule has 0 fully saturated rings. The van der Waals surface area contributed by atoms with Crippen molar-refractivity contribution < 1.29 is 0 Å². The number of rotatable bonds is 5. The Balaban J connectivity index is 0.951. The summed E-state index contributed by atoms with van der Waals surface area (Å²) in [5, 5.41) is 11.0. The number of hydrogen-bond acceptors (Lipinski definition) is 4. The van der Waals surface area contributed by atoms with Crippen molar-refractivity contribution in [1.29, 1.82) is 0 Å². The van der Waals surface area contributed by atoms with Crippen molar-refractivity contribution in [3.63, 3.8) is 0 Å². The third kappa shape index (κ3) is 6.01. The van der Waals surface area contributed by atoms with Gasteiger partial charge in [-0.05, 0) is 87.1 Å². The molecule has 0 saturated carbocycles. The summed E-state index contributed by atoms with van der Waals surface area (Å²) >= 11 is 0. The summed E-state index contributed by atoms with van der Waals surface area (Å²) < 4.78 is 4.58. The van der Waals surface area contributed by atoms with Crippen molar-refractivity contribution in [2.75, 3.05) is 0 Å². The van der Waals surface area contributed by atoms with E-state index in [1.807, 2.05) is 0 Å². The van der Waals surface area contributed by atoms with Gasteiger partial charge in [0.05, 0.1) is 45.2 Å². The fraction of sp³-hybridized carbons (Fsp3) is 0.0635. The normalized spacial score (nSPS) is 15.1. The second-order valence-electron chi connectivity index (χ2n) is 18.9. The highest BCUT2D eigenvalue weighted by molar-refractivity contribution is 6.24. The molecule has 1 unspecified atom stereocenters. The molecule has 69 heavy (non-hydrogen) atoms. The molecule has 1 aliphatic heterocycles. The lowest BCUT2D eigenvalue weighted by atomic mass is 9.77. The summed E-state index contributed by atoms with van der Waals surface area (Å²) in [5.74, 6) is 1.46. The number of nitrogens with zero attached hydrogens (tertiary/aromatic N) is 5. The van der Waals surface area contributed by atoms with Crippen LogP contribution in [-0.2, 0) is 5.41 Å². The number of fused-ring (bicyclic) bond motifs is 10. The number of aromatic nitrogens is 4. The van der Waals surface area contributed by atoms with Gasteiger partial charge >= 0.3 is 0 Å². The summed E-state index contributed by atoms with van der Waals surface area (Å²) in [6.45, 7) is 4.60. The quantitative estimate of drug-likeness (QED) is 0.187. The van der Waals surface area contributed by atoms with Crippen LogP contribution >= 0.6 is 0 Å². The van der Waals surface area contributed by atoms with Gasteiger partial charge in [0, 0.05) is 43.7 Å². The Morgan fingerprint density at radius 3 is 1.87 bits per heavy atom. The first-order valence-electron chi connectivity index (χ1n) is 23.7. The summed E-state index contributed by atoms with van der Waals surface area (Å²) in [6.07, 6.45) is 2.28. The van der Waals surface area contributed by atoms with E-state index in [2.05, 4.69) is 247 Å². The first-order chi connectivity index (χ1) is 34.0. The molecule has 1 aliphatic carbocycles. The van der Waals surface area contributed by atoms with E-state index in [1.165, 1.54) is 38.2 Å². The van der Waals surface area contributed by atoms with Crippen molar-refractivity contribution in [1.82, 2.24) is 24.4 Å². The summed E-state index contributed by atoms with van der Waals surface area (Å²) in [4.78, 5) is 16.3. The van der Waals surface area contributed by atoms with Gasteiger partial charge in [0.25, 0.3) is 0 Å². The van der Waals surface area contributed by atoms with E-state index in [1.54, 1.807) is 0 Å². The Kier molecular flexibility index (Phi) is 8.59. The van der Waals surface area contributed by atoms with Crippen LogP contribution in [0.1, 0.15) is 47.8 Å². The van der Waals surface area contributed by atoms with E-state index in [0.29, 0.717) is 5.95 Å². The van der Waals surface area contributed by atoms with Crippen molar-refractivity contribution in [3.05, 3.63) is 240 Å². The molecule has 0 radical (unpaired) electrons. The van der Waals surface area contributed by atoms with E-state index in [-0.39, 0.29) is 11.5 Å². The van der Waals surface area contributed by atoms with E-state index < -0.39 is 0 Å². The Bertz CT molecular complexity index is 4120. The van der Waals surface area contributed by atoms with Crippen LogP contribution in [0.5, 0.6) is 0 Å². The van der Waals surface area contributed by atoms with Crippen LogP contribution in [0.2, 0.25) is 0 Å². The van der Waals surface area contributed by atoms with E-state index >= 15 is 0 Å². The molecule has 6 nitrogen and oxygen atoms in total. The number of hydrogen-bond donors (Lipinski definition) is 1. The summed E-state index contributed by atoms with van der Waals surface area (Å²) in [5.41, 5.74) is 16.2. The second kappa shape index (κ2) is 15.1. The van der Waals surface area contributed by atoms with Gasteiger partial charge in [-0.1, -0.05) is 184 Å². The van der Waals surface area contributed by atoms with Crippen LogP contribution in [0.3, 0.4) is 0 Å². The minimum atomic E-state index is -0.313. The van der Waals surface area contributed by atoms with Gasteiger partial charge in [-0.25, -0.2) is 15.0 Å². The van der Waals surface area contributed by atoms with E-state index in [0.717, 1.165) is 83.7 Å². The SMILES string of the molecule is CC1(C)C(c2ccccc2)=Cc2nc(-n3c4ccccc4c4cc(-c5ccc6c(c5)c5c7ccccc7ccc5n6C5=Nc6ccccc6C(c6ccccc6)N5)ccc43)nc(-c3ccccc3)c21. The van der Waals surface area contributed by atoms with E-state index in [4.69, 9.17) is 15.0 Å². The van der Waals surface area contributed by atoms with Crippen LogP contribution < -0.4 is 5.32 Å².